The van der Waals surface area contributed by atoms with Crippen LogP contribution in [0.3, 0.4) is 0 Å². The number of hydrogen-bond donors (Lipinski definition) is 1. The topological polar surface area (TPSA) is 38.7 Å². The summed E-state index contributed by atoms with van der Waals surface area (Å²) in [5, 5.41) is 10.9. The highest BCUT2D eigenvalue weighted by atomic mass is 16.5. The summed E-state index contributed by atoms with van der Waals surface area (Å²) in [5.41, 5.74) is 0.238. The molecular weight excluding hydrogens is 420 g/mol. The molecule has 1 heterocycles. The predicted octanol–water partition coefficient (Wildman–Crippen LogP) is 6.95. The molecule has 9 atom stereocenters. The minimum atomic E-state index is -0.282. The molecule has 2 bridgehead atoms. The second kappa shape index (κ2) is 7.68. The number of ether oxygens (including phenoxy) is 2. The van der Waals surface area contributed by atoms with E-state index in [0.29, 0.717) is 28.6 Å². The standard InChI is InChI=1S/C31H50O3/c1-21(10-9-15-26(2,3)33-8)22-13-16-29(7)23-14-17-31-24(11-12-25(32)27(31,4)5)30(23,20-34-31)19-18-28(22,29)6/h9,14-15,17,21-25,32H,10-13,16,18-20H2,1-8H3/b15-9+/t21-,22-,23+,24+,25+,28-,29+,30+,31-/m1/s1. The summed E-state index contributed by atoms with van der Waals surface area (Å²) in [6, 6.07) is 0. The number of fused-ring (bicyclic) bond motifs is 2. The largest absolute Gasteiger partial charge is 0.392 e. The van der Waals surface area contributed by atoms with Crippen LogP contribution in [0.25, 0.3) is 0 Å². The molecule has 0 aromatic heterocycles. The van der Waals surface area contributed by atoms with Crippen LogP contribution in [-0.4, -0.2) is 36.1 Å². The number of hydrogen-bond acceptors (Lipinski definition) is 3. The maximum atomic E-state index is 10.9. The Balaban J connectivity index is 1.44. The van der Waals surface area contributed by atoms with Gasteiger partial charge in [-0.3, -0.25) is 0 Å². The minimum Gasteiger partial charge on any atom is -0.392 e. The number of aliphatic hydroxyl groups is 1. The highest BCUT2D eigenvalue weighted by molar-refractivity contribution is 5.33. The highest BCUT2D eigenvalue weighted by Crippen LogP contribution is 2.77. The lowest BCUT2D eigenvalue weighted by Gasteiger charge is -2.65. The van der Waals surface area contributed by atoms with Gasteiger partial charge in [0, 0.05) is 23.9 Å². The van der Waals surface area contributed by atoms with Crippen LogP contribution in [0.5, 0.6) is 0 Å². The van der Waals surface area contributed by atoms with Crippen LogP contribution >= 0.6 is 0 Å². The molecule has 0 aromatic carbocycles. The van der Waals surface area contributed by atoms with Crippen molar-refractivity contribution < 1.29 is 14.6 Å². The fourth-order valence-electron chi connectivity index (χ4n) is 10.00. The number of rotatable bonds is 5. The molecule has 0 radical (unpaired) electrons. The molecule has 1 spiro atoms. The summed E-state index contributed by atoms with van der Waals surface area (Å²) < 4.78 is 12.4. The number of allylic oxidation sites excluding steroid dienone is 2. The van der Waals surface area contributed by atoms with Gasteiger partial charge in [0.05, 0.1) is 23.9 Å². The fraction of sp³-hybridized carbons (Fsp3) is 0.871. The first-order chi connectivity index (χ1) is 15.8. The Kier molecular flexibility index (Phi) is 5.66. The maximum absolute atomic E-state index is 10.9. The predicted molar refractivity (Wildman–Crippen MR) is 138 cm³/mol. The molecule has 4 fully saturated rings. The molecule has 1 N–H and O–H groups in total. The first-order valence-corrected chi connectivity index (χ1v) is 14.0. The van der Waals surface area contributed by atoms with Crippen molar-refractivity contribution in [1.82, 2.24) is 0 Å². The van der Waals surface area contributed by atoms with E-state index in [-0.39, 0.29) is 28.1 Å². The molecular formula is C31H50O3. The Morgan fingerprint density at radius 1 is 1.09 bits per heavy atom. The van der Waals surface area contributed by atoms with E-state index in [2.05, 4.69) is 72.8 Å². The van der Waals surface area contributed by atoms with E-state index < -0.39 is 0 Å². The molecule has 5 rings (SSSR count). The molecule has 1 aliphatic heterocycles. The lowest BCUT2D eigenvalue weighted by molar-refractivity contribution is -0.168. The summed E-state index contributed by atoms with van der Waals surface area (Å²) >= 11 is 0. The Morgan fingerprint density at radius 2 is 1.82 bits per heavy atom. The monoisotopic (exact) mass is 470 g/mol. The summed E-state index contributed by atoms with van der Waals surface area (Å²) in [7, 11) is 1.79. The van der Waals surface area contributed by atoms with Crippen molar-refractivity contribution in [2.45, 2.75) is 111 Å². The molecule has 1 saturated heterocycles. The van der Waals surface area contributed by atoms with Crippen LogP contribution in [0.15, 0.2) is 24.3 Å². The number of methoxy groups -OCH3 is 1. The molecule has 5 aliphatic rings. The van der Waals surface area contributed by atoms with E-state index in [9.17, 15) is 5.11 Å². The average molecular weight is 471 g/mol. The van der Waals surface area contributed by atoms with Crippen molar-refractivity contribution in [3.05, 3.63) is 24.3 Å². The van der Waals surface area contributed by atoms with Gasteiger partial charge in [-0.25, -0.2) is 0 Å². The van der Waals surface area contributed by atoms with Crippen molar-refractivity contribution in [2.75, 3.05) is 13.7 Å². The first-order valence-electron chi connectivity index (χ1n) is 14.0. The van der Waals surface area contributed by atoms with E-state index in [4.69, 9.17) is 9.47 Å². The maximum Gasteiger partial charge on any atom is 0.0972 e. The second-order valence-electron chi connectivity index (χ2n) is 14.4. The van der Waals surface area contributed by atoms with E-state index in [1.54, 1.807) is 7.11 Å². The molecule has 34 heavy (non-hydrogen) atoms. The summed E-state index contributed by atoms with van der Waals surface area (Å²) in [6.45, 7) is 17.4. The van der Waals surface area contributed by atoms with Gasteiger partial charge in [0.25, 0.3) is 0 Å². The van der Waals surface area contributed by atoms with Crippen LogP contribution < -0.4 is 0 Å². The minimum absolute atomic E-state index is 0.186. The third kappa shape index (κ3) is 2.99. The molecule has 3 nitrogen and oxygen atoms in total. The Labute approximate surface area is 208 Å². The van der Waals surface area contributed by atoms with E-state index >= 15 is 0 Å². The van der Waals surface area contributed by atoms with Gasteiger partial charge >= 0.3 is 0 Å². The zero-order valence-electron chi connectivity index (χ0n) is 23.1. The SMILES string of the molecule is COC(C)(C)/C=C/C[C@@H](C)[C@H]1CC[C@@]2(C)[C@@H]3C=C[C@@]45OC[C@]3(CC[C@]12C)[C@@H]4CC[C@H](O)C5(C)C. The highest BCUT2D eigenvalue weighted by Gasteiger charge is 2.75. The lowest BCUT2D eigenvalue weighted by Crippen LogP contribution is -2.64. The van der Waals surface area contributed by atoms with E-state index in [0.717, 1.165) is 31.8 Å². The van der Waals surface area contributed by atoms with Gasteiger partial charge in [0.2, 0.25) is 0 Å². The van der Waals surface area contributed by atoms with Gasteiger partial charge in [0.15, 0.2) is 0 Å². The Hall–Kier alpha value is -0.640. The quantitative estimate of drug-likeness (QED) is 0.442. The lowest BCUT2D eigenvalue weighted by atomic mass is 9.38. The van der Waals surface area contributed by atoms with Gasteiger partial charge in [-0.1, -0.05) is 58.9 Å². The van der Waals surface area contributed by atoms with E-state index in [1.165, 1.54) is 25.7 Å². The van der Waals surface area contributed by atoms with Crippen LogP contribution in [0.2, 0.25) is 0 Å². The van der Waals surface area contributed by atoms with Crippen LogP contribution in [-0.2, 0) is 9.47 Å². The van der Waals surface area contributed by atoms with Crippen molar-refractivity contribution in [3.63, 3.8) is 0 Å². The molecule has 0 unspecified atom stereocenters. The van der Waals surface area contributed by atoms with Crippen LogP contribution in [0.1, 0.15) is 93.4 Å². The van der Waals surface area contributed by atoms with Crippen molar-refractivity contribution in [2.24, 2.45) is 45.3 Å². The molecule has 3 saturated carbocycles. The van der Waals surface area contributed by atoms with Gasteiger partial charge in [0.1, 0.15) is 0 Å². The second-order valence-corrected chi connectivity index (χ2v) is 14.4. The third-order valence-electron chi connectivity index (χ3n) is 12.6. The van der Waals surface area contributed by atoms with Crippen LogP contribution in [0, 0.1) is 45.3 Å². The molecule has 192 valence electrons. The average Bonchev–Trinajstić information content (AvgIpc) is 3.17. The Morgan fingerprint density at radius 3 is 2.53 bits per heavy atom. The zero-order valence-corrected chi connectivity index (χ0v) is 23.1. The van der Waals surface area contributed by atoms with Gasteiger partial charge < -0.3 is 14.6 Å². The smallest absolute Gasteiger partial charge is 0.0972 e. The van der Waals surface area contributed by atoms with Gasteiger partial charge in [-0.2, -0.15) is 0 Å². The molecule has 3 heteroatoms. The Bertz CT molecular complexity index is 872. The summed E-state index contributed by atoms with van der Waals surface area (Å²) in [6.07, 6.45) is 17.8. The van der Waals surface area contributed by atoms with Gasteiger partial charge in [-0.05, 0) is 87.4 Å². The molecule has 4 aliphatic carbocycles. The molecule has 0 aromatic rings. The zero-order chi connectivity index (χ0) is 24.8. The van der Waals surface area contributed by atoms with Crippen LogP contribution in [0.4, 0.5) is 0 Å². The summed E-state index contributed by atoms with van der Waals surface area (Å²) in [4.78, 5) is 0. The molecule has 0 amide bonds. The van der Waals surface area contributed by atoms with Crippen molar-refractivity contribution >= 4 is 0 Å². The van der Waals surface area contributed by atoms with Crippen molar-refractivity contribution in [3.8, 4) is 0 Å². The van der Waals surface area contributed by atoms with E-state index in [1.807, 2.05) is 0 Å². The van der Waals surface area contributed by atoms with Gasteiger partial charge in [-0.15, -0.1) is 0 Å². The first kappa shape index (κ1) is 25.0. The summed E-state index contributed by atoms with van der Waals surface area (Å²) in [5.74, 6) is 2.58. The number of aliphatic hydroxyl groups excluding tert-OH is 1. The van der Waals surface area contributed by atoms with Crippen molar-refractivity contribution in [1.29, 1.82) is 0 Å². The normalized spacial score (nSPS) is 50.1. The third-order valence-corrected chi connectivity index (χ3v) is 12.6. The fourth-order valence-corrected chi connectivity index (χ4v) is 10.00.